The Balaban J connectivity index is 2.05. The van der Waals surface area contributed by atoms with Crippen LogP contribution in [0.25, 0.3) is 11.2 Å². The first-order chi connectivity index (χ1) is 8.65. The Kier molecular flexibility index (Phi) is 2.57. The number of nitrogens with one attached hydrogen (secondary N) is 2. The lowest BCUT2D eigenvalue weighted by Crippen LogP contribution is -2.28. The lowest BCUT2D eigenvalue weighted by atomic mass is 10.0. The van der Waals surface area contributed by atoms with Gasteiger partial charge in [-0.1, -0.05) is 25.7 Å². The van der Waals surface area contributed by atoms with Crippen LogP contribution in [-0.2, 0) is 13.5 Å². The second-order valence-corrected chi connectivity index (χ2v) is 5.06. The maximum Gasteiger partial charge on any atom is 0.329 e. The largest absolute Gasteiger partial charge is 0.336 e. The van der Waals surface area contributed by atoms with E-state index >= 15 is 0 Å². The molecule has 0 aliphatic heterocycles. The van der Waals surface area contributed by atoms with Crippen LogP contribution in [-0.4, -0.2) is 19.5 Å². The predicted molar refractivity (Wildman–Crippen MR) is 67.6 cm³/mol. The monoisotopic (exact) mass is 248 g/mol. The van der Waals surface area contributed by atoms with E-state index in [-0.39, 0.29) is 0 Å². The normalized spacial score (nSPS) is 16.7. The summed E-state index contributed by atoms with van der Waals surface area (Å²) in [6.45, 7) is 0. The van der Waals surface area contributed by atoms with Gasteiger partial charge in [-0.2, -0.15) is 0 Å². The number of hydrogen-bond donors (Lipinski definition) is 2. The van der Waals surface area contributed by atoms with E-state index in [1.54, 1.807) is 7.05 Å². The minimum Gasteiger partial charge on any atom is -0.336 e. The lowest BCUT2D eigenvalue weighted by molar-refractivity contribution is 0.533. The zero-order chi connectivity index (χ0) is 12.7. The molecule has 6 nitrogen and oxygen atoms in total. The lowest BCUT2D eigenvalue weighted by Gasteiger charge is -2.04. The highest BCUT2D eigenvalue weighted by molar-refractivity contribution is 5.69. The number of H-pyrrole nitrogens is 2. The molecule has 1 aliphatic rings. The summed E-state index contributed by atoms with van der Waals surface area (Å²) in [5.74, 6) is 1.46. The van der Waals surface area contributed by atoms with E-state index in [2.05, 4.69) is 15.0 Å². The zero-order valence-corrected chi connectivity index (χ0v) is 10.3. The highest BCUT2D eigenvalue weighted by atomic mass is 16.2. The van der Waals surface area contributed by atoms with Crippen LogP contribution < -0.4 is 11.2 Å². The van der Waals surface area contributed by atoms with Gasteiger partial charge < -0.3 is 4.98 Å². The standard InChI is InChI=1S/C12H16N4O2/c1-16-10-9(11(17)15-12(16)18)13-8(14-10)6-7-4-2-3-5-7/h7H,2-6H2,1H3,(H,13,14)(H,15,17,18). The van der Waals surface area contributed by atoms with Crippen molar-refractivity contribution in [2.45, 2.75) is 32.1 Å². The molecule has 2 aromatic heterocycles. The molecule has 1 saturated carbocycles. The van der Waals surface area contributed by atoms with E-state index in [1.165, 1.54) is 30.3 Å². The second-order valence-electron chi connectivity index (χ2n) is 5.06. The number of imidazole rings is 1. The van der Waals surface area contributed by atoms with Gasteiger partial charge in [0.05, 0.1) is 0 Å². The molecule has 0 spiro atoms. The van der Waals surface area contributed by atoms with Crippen LogP contribution in [0, 0.1) is 5.92 Å². The summed E-state index contributed by atoms with van der Waals surface area (Å²) in [5.41, 5.74) is 0.0199. The van der Waals surface area contributed by atoms with Gasteiger partial charge in [-0.15, -0.1) is 0 Å². The van der Waals surface area contributed by atoms with Gasteiger partial charge in [0, 0.05) is 13.5 Å². The van der Waals surface area contributed by atoms with E-state index in [9.17, 15) is 9.59 Å². The third-order valence-electron chi connectivity index (χ3n) is 3.76. The maximum absolute atomic E-state index is 11.7. The van der Waals surface area contributed by atoms with Crippen molar-refractivity contribution >= 4 is 11.2 Å². The van der Waals surface area contributed by atoms with Gasteiger partial charge >= 0.3 is 5.69 Å². The van der Waals surface area contributed by atoms with Crippen molar-refractivity contribution < 1.29 is 0 Å². The summed E-state index contributed by atoms with van der Waals surface area (Å²) in [6, 6.07) is 0. The first-order valence-electron chi connectivity index (χ1n) is 6.33. The minimum atomic E-state index is -0.425. The van der Waals surface area contributed by atoms with Crippen LogP contribution in [0.1, 0.15) is 31.5 Å². The van der Waals surface area contributed by atoms with Crippen LogP contribution in [0.4, 0.5) is 0 Å². The molecule has 0 aromatic carbocycles. The average Bonchev–Trinajstić information content (AvgIpc) is 2.96. The third-order valence-corrected chi connectivity index (χ3v) is 3.76. The number of nitrogens with zero attached hydrogens (tertiary/aromatic N) is 2. The quantitative estimate of drug-likeness (QED) is 0.819. The van der Waals surface area contributed by atoms with E-state index in [0.29, 0.717) is 17.1 Å². The molecule has 2 N–H and O–H groups in total. The van der Waals surface area contributed by atoms with E-state index < -0.39 is 11.2 Å². The van der Waals surface area contributed by atoms with Crippen LogP contribution in [0.3, 0.4) is 0 Å². The van der Waals surface area contributed by atoms with Crippen LogP contribution in [0.2, 0.25) is 0 Å². The molecule has 0 saturated heterocycles. The molecule has 0 radical (unpaired) electrons. The molecule has 0 atom stereocenters. The molecule has 1 fully saturated rings. The van der Waals surface area contributed by atoms with Gasteiger partial charge in [0.1, 0.15) is 11.3 Å². The highest BCUT2D eigenvalue weighted by Crippen LogP contribution is 2.27. The summed E-state index contributed by atoms with van der Waals surface area (Å²) < 4.78 is 1.37. The number of aryl methyl sites for hydroxylation is 1. The van der Waals surface area contributed by atoms with Gasteiger partial charge in [-0.05, 0) is 5.92 Å². The number of fused-ring (bicyclic) bond motifs is 1. The van der Waals surface area contributed by atoms with Crippen LogP contribution in [0.5, 0.6) is 0 Å². The van der Waals surface area contributed by atoms with Gasteiger partial charge in [0.2, 0.25) is 0 Å². The molecule has 18 heavy (non-hydrogen) atoms. The zero-order valence-electron chi connectivity index (χ0n) is 10.3. The van der Waals surface area contributed by atoms with Gasteiger partial charge in [0.15, 0.2) is 5.65 Å². The smallest absolute Gasteiger partial charge is 0.329 e. The summed E-state index contributed by atoms with van der Waals surface area (Å²) in [7, 11) is 1.61. The Bertz CT molecular complexity index is 688. The summed E-state index contributed by atoms with van der Waals surface area (Å²) >= 11 is 0. The highest BCUT2D eigenvalue weighted by Gasteiger charge is 2.18. The predicted octanol–water partition coefficient (Wildman–Crippen LogP) is 0.683. The Morgan fingerprint density at radius 3 is 2.72 bits per heavy atom. The minimum absolute atomic E-state index is 0.390. The molecule has 2 heterocycles. The van der Waals surface area contributed by atoms with E-state index in [4.69, 9.17) is 0 Å². The molecule has 0 amide bonds. The summed E-state index contributed by atoms with van der Waals surface area (Å²) in [4.78, 5) is 32.8. The maximum atomic E-state index is 11.7. The second kappa shape index (κ2) is 4.12. The molecule has 1 aliphatic carbocycles. The number of rotatable bonds is 2. The number of hydrogen-bond acceptors (Lipinski definition) is 3. The molecule has 3 rings (SSSR count). The molecule has 0 bridgehead atoms. The third kappa shape index (κ3) is 1.77. The Morgan fingerprint density at radius 2 is 2.00 bits per heavy atom. The van der Waals surface area contributed by atoms with Crippen molar-refractivity contribution in [3.63, 3.8) is 0 Å². The molecule has 96 valence electrons. The van der Waals surface area contributed by atoms with Crippen molar-refractivity contribution in [2.75, 3.05) is 0 Å². The Labute approximate surface area is 103 Å². The van der Waals surface area contributed by atoms with Gasteiger partial charge in [-0.3, -0.25) is 14.3 Å². The molecule has 2 aromatic rings. The van der Waals surface area contributed by atoms with Crippen LogP contribution >= 0.6 is 0 Å². The molecule has 6 heteroatoms. The van der Waals surface area contributed by atoms with Crippen molar-refractivity contribution in [2.24, 2.45) is 13.0 Å². The van der Waals surface area contributed by atoms with Crippen molar-refractivity contribution in [1.29, 1.82) is 0 Å². The van der Waals surface area contributed by atoms with Gasteiger partial charge in [0.25, 0.3) is 5.56 Å². The Morgan fingerprint density at radius 1 is 1.28 bits per heavy atom. The fourth-order valence-corrected chi connectivity index (χ4v) is 2.74. The van der Waals surface area contributed by atoms with E-state index in [0.717, 1.165) is 12.2 Å². The number of aromatic nitrogens is 4. The first-order valence-corrected chi connectivity index (χ1v) is 6.33. The first kappa shape index (κ1) is 11.3. The molecular weight excluding hydrogens is 232 g/mol. The summed E-state index contributed by atoms with van der Waals surface area (Å²) in [6.07, 6.45) is 5.88. The van der Waals surface area contributed by atoms with Crippen LogP contribution in [0.15, 0.2) is 9.59 Å². The molecule has 0 unspecified atom stereocenters. The fourth-order valence-electron chi connectivity index (χ4n) is 2.74. The summed E-state index contributed by atoms with van der Waals surface area (Å²) in [5, 5.41) is 0. The van der Waals surface area contributed by atoms with Crippen molar-refractivity contribution in [1.82, 2.24) is 19.5 Å². The SMILES string of the molecule is Cn1c(=O)[nH]c(=O)c2[nH]c(CC3CCCC3)nc21. The van der Waals surface area contributed by atoms with Gasteiger partial charge in [-0.25, -0.2) is 9.78 Å². The fraction of sp³-hybridized carbons (Fsp3) is 0.583. The van der Waals surface area contributed by atoms with Crippen molar-refractivity contribution in [3.8, 4) is 0 Å². The molecular formula is C12H16N4O2. The van der Waals surface area contributed by atoms with Crippen molar-refractivity contribution in [3.05, 3.63) is 26.7 Å². The van der Waals surface area contributed by atoms with E-state index in [1.807, 2.05) is 0 Å². The Hall–Kier alpha value is -1.85. The number of aromatic amines is 2. The average molecular weight is 248 g/mol. The topological polar surface area (TPSA) is 83.5 Å².